The van der Waals surface area contributed by atoms with Crippen molar-refractivity contribution in [3.8, 4) is 0 Å². The van der Waals surface area contributed by atoms with E-state index in [-0.39, 0.29) is 36.8 Å². The second kappa shape index (κ2) is 17.9. The van der Waals surface area contributed by atoms with Crippen LogP contribution in [0.1, 0.15) is 93.9 Å². The molecule has 0 aromatic heterocycles. The summed E-state index contributed by atoms with van der Waals surface area (Å²) < 4.78 is 11.9. The summed E-state index contributed by atoms with van der Waals surface area (Å²) in [4.78, 5) is 80.1. The molecule has 272 valence electrons. The van der Waals surface area contributed by atoms with Crippen molar-refractivity contribution < 1.29 is 38.2 Å². The number of hydrogen-bond acceptors (Lipinski definition) is 8. The number of carbonyl (C=O) groups is 6. The van der Waals surface area contributed by atoms with E-state index in [9.17, 15) is 28.8 Å². The van der Waals surface area contributed by atoms with Gasteiger partial charge in [0.2, 0.25) is 35.4 Å². The van der Waals surface area contributed by atoms with E-state index in [1.807, 2.05) is 55.4 Å². The van der Waals surface area contributed by atoms with Gasteiger partial charge in [-0.1, -0.05) is 55.4 Å². The Labute approximate surface area is 284 Å². The fourth-order valence-corrected chi connectivity index (χ4v) is 6.26. The quantitative estimate of drug-likeness (QED) is 0.236. The van der Waals surface area contributed by atoms with Gasteiger partial charge in [-0.3, -0.25) is 28.8 Å². The van der Waals surface area contributed by atoms with Crippen LogP contribution in [-0.2, 0) is 38.2 Å². The third kappa shape index (κ3) is 11.4. The van der Waals surface area contributed by atoms with Gasteiger partial charge in [0.1, 0.15) is 36.4 Å². The molecule has 6 N–H and O–H groups in total. The Morgan fingerprint density at radius 3 is 1.17 bits per heavy atom. The molecule has 0 unspecified atom stereocenters. The van der Waals surface area contributed by atoms with Gasteiger partial charge in [0.25, 0.3) is 0 Å². The molecule has 48 heavy (non-hydrogen) atoms. The maximum absolute atomic E-state index is 13.5. The van der Waals surface area contributed by atoms with Crippen molar-refractivity contribution in [2.24, 2.45) is 23.7 Å². The molecule has 0 aliphatic carbocycles. The fraction of sp³-hybridized carbons (Fsp3) is 0.824. The van der Waals surface area contributed by atoms with Crippen molar-refractivity contribution in [3.05, 3.63) is 0 Å². The zero-order chi connectivity index (χ0) is 35.7. The van der Waals surface area contributed by atoms with Crippen molar-refractivity contribution in [2.45, 2.75) is 142 Å². The van der Waals surface area contributed by atoms with Gasteiger partial charge in [-0.25, -0.2) is 0 Å². The minimum atomic E-state index is -0.883. The lowest BCUT2D eigenvalue weighted by molar-refractivity contribution is -0.138. The van der Waals surface area contributed by atoms with Crippen LogP contribution in [0.5, 0.6) is 0 Å². The monoisotopic (exact) mass is 678 g/mol. The lowest BCUT2D eigenvalue weighted by Crippen LogP contribution is -2.57. The van der Waals surface area contributed by atoms with Crippen LogP contribution in [0.2, 0.25) is 0 Å². The van der Waals surface area contributed by atoms with Crippen LogP contribution in [0.3, 0.4) is 0 Å². The van der Waals surface area contributed by atoms with Crippen molar-refractivity contribution in [3.63, 3.8) is 0 Å². The van der Waals surface area contributed by atoms with Crippen LogP contribution in [0.25, 0.3) is 0 Å². The van der Waals surface area contributed by atoms with Crippen LogP contribution in [0.15, 0.2) is 0 Å². The summed E-state index contributed by atoms with van der Waals surface area (Å²) in [6, 6.07) is -3.50. The van der Waals surface area contributed by atoms with Gasteiger partial charge in [-0.2, -0.15) is 0 Å². The molecule has 3 aliphatic rings. The lowest BCUT2D eigenvalue weighted by Gasteiger charge is -2.28. The Bertz CT molecular complexity index is 1070. The molecule has 4 bridgehead atoms. The third-order valence-corrected chi connectivity index (χ3v) is 8.98. The molecule has 14 nitrogen and oxygen atoms in total. The molecule has 14 heteroatoms. The van der Waals surface area contributed by atoms with Crippen LogP contribution in [0, 0.1) is 23.7 Å². The molecule has 3 aliphatic heterocycles. The highest BCUT2D eigenvalue weighted by atomic mass is 16.5. The highest BCUT2D eigenvalue weighted by Crippen LogP contribution is 2.22. The molecular weight excluding hydrogens is 620 g/mol. The average Bonchev–Trinajstić information content (AvgIpc) is 3.68. The molecule has 3 rings (SSSR count). The Hall–Kier alpha value is -3.26. The van der Waals surface area contributed by atoms with Gasteiger partial charge in [0.15, 0.2) is 0 Å². The van der Waals surface area contributed by atoms with E-state index in [0.29, 0.717) is 38.5 Å². The molecule has 6 amide bonds. The van der Waals surface area contributed by atoms with E-state index in [2.05, 4.69) is 31.9 Å². The number of carbonyl (C=O) groups excluding carboxylic acids is 6. The standard InChI is InChI=1S/C34H58N6O8/c1-17(2)13-23-29(41)39-27(19(5)6)33(45)35-16-22-10-12-26(48-22)32(44)38-24(14-18(3)4)30(42)40-28(20(7)8)34(46)36-15-21-9-11-25(47-21)31(43)37-23/h17-28H,9-16H2,1-8H3,(H,35,45)(H,36,46)(H,37,43)(H,38,44)(H,39,41)(H,40,42)/t21-,22-,23-,24-,25-,26-,27-,28-/m0/s1. The first kappa shape index (κ1) is 39.2. The summed E-state index contributed by atoms with van der Waals surface area (Å²) in [5.74, 6) is -2.92. The SMILES string of the molecule is CC(C)C[C@@H]1NC(=O)[C@@H]2CC[C@@H](CNC(=O)[C@H](C(C)C)NC(=O)[C@H](CC(C)C)NC(=O)[C@@H]3CC[C@@H](CNC(=O)[C@H](C(C)C)NC1=O)O3)O2. The van der Waals surface area contributed by atoms with E-state index in [4.69, 9.17) is 9.47 Å². The van der Waals surface area contributed by atoms with Crippen molar-refractivity contribution >= 4 is 35.4 Å². The second-order valence-electron chi connectivity index (χ2n) is 15.0. The molecule has 0 aromatic rings. The van der Waals surface area contributed by atoms with Gasteiger partial charge in [0.05, 0.1) is 12.2 Å². The highest BCUT2D eigenvalue weighted by Gasteiger charge is 2.38. The zero-order valence-corrected chi connectivity index (χ0v) is 29.9. The molecule has 3 fully saturated rings. The molecule has 0 spiro atoms. The Kier molecular flexibility index (Phi) is 14.6. The van der Waals surface area contributed by atoms with Crippen LogP contribution >= 0.6 is 0 Å². The number of hydrogen-bond donors (Lipinski definition) is 6. The summed E-state index contributed by atoms with van der Waals surface area (Å²) in [5, 5.41) is 17.0. The zero-order valence-electron chi connectivity index (χ0n) is 29.9. The lowest BCUT2D eigenvalue weighted by atomic mass is 9.99. The summed E-state index contributed by atoms with van der Waals surface area (Å²) in [5.41, 5.74) is 0. The van der Waals surface area contributed by atoms with E-state index in [1.54, 1.807) is 0 Å². The van der Waals surface area contributed by atoms with Gasteiger partial charge in [-0.15, -0.1) is 0 Å². The largest absolute Gasteiger partial charge is 0.363 e. The van der Waals surface area contributed by atoms with Gasteiger partial charge in [-0.05, 0) is 62.2 Å². The maximum atomic E-state index is 13.5. The maximum Gasteiger partial charge on any atom is 0.249 e. The first-order valence-corrected chi connectivity index (χ1v) is 17.6. The highest BCUT2D eigenvalue weighted by molar-refractivity contribution is 5.94. The predicted molar refractivity (Wildman–Crippen MR) is 178 cm³/mol. The van der Waals surface area contributed by atoms with Crippen molar-refractivity contribution in [2.75, 3.05) is 13.1 Å². The average molecular weight is 679 g/mol. The van der Waals surface area contributed by atoms with E-state index in [0.717, 1.165) is 0 Å². The first-order valence-electron chi connectivity index (χ1n) is 17.6. The van der Waals surface area contributed by atoms with E-state index >= 15 is 0 Å². The summed E-state index contributed by atoms with van der Waals surface area (Å²) in [7, 11) is 0. The summed E-state index contributed by atoms with van der Waals surface area (Å²) in [6.45, 7) is 15.3. The molecule has 3 saturated heterocycles. The van der Waals surface area contributed by atoms with Gasteiger partial charge in [0, 0.05) is 13.1 Å². The van der Waals surface area contributed by atoms with Crippen LogP contribution in [0.4, 0.5) is 0 Å². The van der Waals surface area contributed by atoms with Gasteiger partial charge < -0.3 is 41.4 Å². The fourth-order valence-electron chi connectivity index (χ4n) is 6.26. The van der Waals surface area contributed by atoms with Gasteiger partial charge >= 0.3 is 0 Å². The minimum Gasteiger partial charge on any atom is -0.363 e. The molecular formula is C34H58N6O8. The molecule has 8 atom stereocenters. The summed E-state index contributed by atoms with van der Waals surface area (Å²) >= 11 is 0. The summed E-state index contributed by atoms with van der Waals surface area (Å²) in [6.07, 6.45) is 0.0735. The Morgan fingerprint density at radius 2 is 0.854 bits per heavy atom. The first-order chi connectivity index (χ1) is 22.5. The smallest absolute Gasteiger partial charge is 0.249 e. The third-order valence-electron chi connectivity index (χ3n) is 8.98. The number of ether oxygens (including phenoxy) is 2. The molecule has 0 saturated carbocycles. The number of amides is 6. The molecule has 0 aromatic carbocycles. The van der Waals surface area contributed by atoms with Crippen LogP contribution < -0.4 is 31.9 Å². The minimum absolute atomic E-state index is 0.0754. The number of rotatable bonds is 6. The molecule has 3 heterocycles. The van der Waals surface area contributed by atoms with Crippen LogP contribution in [-0.4, -0.2) is 97.1 Å². The molecule has 0 radical (unpaired) electrons. The number of nitrogens with one attached hydrogen (secondary N) is 6. The normalized spacial score (nSPS) is 32.0. The number of fused-ring (bicyclic) bond motifs is 4. The van der Waals surface area contributed by atoms with E-state index < -0.39 is 84.0 Å². The second-order valence-corrected chi connectivity index (χ2v) is 15.0. The van der Waals surface area contributed by atoms with Crippen molar-refractivity contribution in [1.82, 2.24) is 31.9 Å². The predicted octanol–water partition coefficient (Wildman–Crippen LogP) is 0.671. The Balaban J connectivity index is 1.84. The Morgan fingerprint density at radius 1 is 0.500 bits per heavy atom. The van der Waals surface area contributed by atoms with Crippen molar-refractivity contribution in [1.29, 1.82) is 0 Å². The van der Waals surface area contributed by atoms with E-state index in [1.165, 1.54) is 0 Å². The topological polar surface area (TPSA) is 193 Å².